The largest absolute Gasteiger partial charge is 0.349 e. The molecule has 0 aromatic rings. The van der Waals surface area contributed by atoms with Crippen LogP contribution in [0.15, 0.2) is 12.2 Å². The second-order valence-corrected chi connectivity index (χ2v) is 2.39. The van der Waals surface area contributed by atoms with E-state index in [0.29, 0.717) is 12.1 Å². The zero-order valence-electron chi connectivity index (χ0n) is 6.48. The molecule has 0 spiro atoms. The summed E-state index contributed by atoms with van der Waals surface area (Å²) < 4.78 is 0. The van der Waals surface area contributed by atoms with E-state index in [4.69, 9.17) is 5.73 Å². The Bertz CT molecular complexity index is 143. The maximum absolute atomic E-state index is 10.8. The predicted octanol–water partition coefficient (Wildman–Crippen LogP) is 0.0259. The first-order valence-electron chi connectivity index (χ1n) is 3.24. The van der Waals surface area contributed by atoms with E-state index < -0.39 is 0 Å². The minimum Gasteiger partial charge on any atom is -0.349 e. The van der Waals surface area contributed by atoms with Gasteiger partial charge in [-0.1, -0.05) is 6.58 Å². The first-order chi connectivity index (χ1) is 4.57. The van der Waals surface area contributed by atoms with Gasteiger partial charge in [0, 0.05) is 18.2 Å². The van der Waals surface area contributed by atoms with Gasteiger partial charge in [-0.25, -0.2) is 0 Å². The van der Waals surface area contributed by atoms with Crippen LogP contribution < -0.4 is 11.1 Å². The molecule has 0 bridgehead atoms. The number of nitrogens with one attached hydrogen (secondary N) is 1. The van der Waals surface area contributed by atoms with Gasteiger partial charge in [-0.2, -0.15) is 0 Å². The smallest absolute Gasteiger partial charge is 0.246 e. The third-order valence-electron chi connectivity index (χ3n) is 1.12. The highest BCUT2D eigenvalue weighted by atomic mass is 16.1. The van der Waals surface area contributed by atoms with Crippen LogP contribution in [0.1, 0.15) is 13.8 Å². The molecule has 0 fully saturated rings. The predicted molar refractivity (Wildman–Crippen MR) is 41.5 cm³/mol. The molecular weight excluding hydrogens is 128 g/mol. The van der Waals surface area contributed by atoms with Gasteiger partial charge in [-0.15, -0.1) is 0 Å². The highest BCUT2D eigenvalue weighted by Crippen LogP contribution is 1.87. The van der Waals surface area contributed by atoms with Crippen molar-refractivity contribution in [3.63, 3.8) is 0 Å². The third-order valence-corrected chi connectivity index (χ3v) is 1.12. The summed E-state index contributed by atoms with van der Waals surface area (Å²) >= 11 is 0. The molecule has 1 unspecified atom stereocenters. The number of carbonyl (C=O) groups is 1. The first kappa shape index (κ1) is 9.17. The van der Waals surface area contributed by atoms with Crippen LogP contribution in [0.5, 0.6) is 0 Å². The number of nitrogens with two attached hydrogens (primary N) is 1. The highest BCUT2D eigenvalue weighted by Gasteiger charge is 2.04. The van der Waals surface area contributed by atoms with Crippen molar-refractivity contribution in [1.29, 1.82) is 0 Å². The minimum absolute atomic E-state index is 0.0317. The van der Waals surface area contributed by atoms with Crippen LogP contribution in [0.3, 0.4) is 0 Å². The van der Waals surface area contributed by atoms with Crippen molar-refractivity contribution < 1.29 is 4.79 Å². The molecule has 0 radical (unpaired) electrons. The van der Waals surface area contributed by atoms with Crippen molar-refractivity contribution in [2.75, 3.05) is 6.54 Å². The van der Waals surface area contributed by atoms with Crippen LogP contribution in [0, 0.1) is 0 Å². The first-order valence-corrected chi connectivity index (χ1v) is 3.24. The molecule has 0 aromatic carbocycles. The Morgan fingerprint density at radius 1 is 1.80 bits per heavy atom. The second-order valence-electron chi connectivity index (χ2n) is 2.39. The fourth-order valence-electron chi connectivity index (χ4n) is 0.406. The third kappa shape index (κ3) is 3.25. The number of hydrogen-bond acceptors (Lipinski definition) is 2. The molecule has 0 heterocycles. The topological polar surface area (TPSA) is 55.1 Å². The average Bonchev–Trinajstić information content (AvgIpc) is 1.87. The summed E-state index contributed by atoms with van der Waals surface area (Å²) in [5, 5.41) is 2.67. The van der Waals surface area contributed by atoms with E-state index in [1.54, 1.807) is 6.92 Å². The van der Waals surface area contributed by atoms with Crippen molar-refractivity contribution in [3.8, 4) is 0 Å². The fraction of sp³-hybridized carbons (Fsp3) is 0.571. The maximum atomic E-state index is 10.8. The molecule has 3 N–H and O–H groups in total. The van der Waals surface area contributed by atoms with Crippen molar-refractivity contribution >= 4 is 5.91 Å². The molecule has 1 amide bonds. The van der Waals surface area contributed by atoms with E-state index >= 15 is 0 Å². The van der Waals surface area contributed by atoms with Gasteiger partial charge in [0.2, 0.25) is 5.91 Å². The van der Waals surface area contributed by atoms with Crippen molar-refractivity contribution in [2.24, 2.45) is 5.73 Å². The Kier molecular flexibility index (Phi) is 3.72. The lowest BCUT2D eigenvalue weighted by Gasteiger charge is -2.10. The molecule has 58 valence electrons. The minimum atomic E-state index is -0.127. The molecular formula is C7H14N2O. The van der Waals surface area contributed by atoms with E-state index in [9.17, 15) is 4.79 Å². The van der Waals surface area contributed by atoms with Gasteiger partial charge in [0.25, 0.3) is 0 Å². The molecule has 3 heteroatoms. The quantitative estimate of drug-likeness (QED) is 0.546. The molecule has 0 aromatic heterocycles. The molecule has 0 rings (SSSR count). The van der Waals surface area contributed by atoms with Gasteiger partial charge in [0.1, 0.15) is 0 Å². The molecule has 0 aliphatic carbocycles. The van der Waals surface area contributed by atoms with Crippen LogP contribution in [0.4, 0.5) is 0 Å². The standard InChI is InChI=1S/C7H14N2O/c1-5(2)7(10)9-6(3)4-8/h6H,1,4,8H2,2-3H3,(H,9,10). The lowest BCUT2D eigenvalue weighted by atomic mass is 10.3. The van der Waals surface area contributed by atoms with E-state index in [1.165, 1.54) is 0 Å². The highest BCUT2D eigenvalue weighted by molar-refractivity contribution is 5.92. The molecule has 0 aliphatic rings. The number of rotatable bonds is 3. The summed E-state index contributed by atoms with van der Waals surface area (Å²) in [7, 11) is 0. The van der Waals surface area contributed by atoms with Gasteiger partial charge in [-0.3, -0.25) is 4.79 Å². The van der Waals surface area contributed by atoms with Crippen molar-refractivity contribution in [2.45, 2.75) is 19.9 Å². The van der Waals surface area contributed by atoms with E-state index in [0.717, 1.165) is 0 Å². The Hall–Kier alpha value is -0.830. The second kappa shape index (κ2) is 4.06. The summed E-state index contributed by atoms with van der Waals surface area (Å²) in [4.78, 5) is 10.8. The molecule has 0 saturated carbocycles. The Morgan fingerprint density at radius 2 is 2.30 bits per heavy atom. The SMILES string of the molecule is C=C(C)C(=O)NC(C)CN. The van der Waals surface area contributed by atoms with Gasteiger partial charge in [-0.05, 0) is 13.8 Å². The number of amides is 1. The molecule has 3 nitrogen and oxygen atoms in total. The Morgan fingerprint density at radius 3 is 2.60 bits per heavy atom. The molecule has 0 aliphatic heterocycles. The summed E-state index contributed by atoms with van der Waals surface area (Å²) in [6.45, 7) is 7.46. The number of hydrogen-bond donors (Lipinski definition) is 2. The summed E-state index contributed by atoms with van der Waals surface area (Å²) in [6.07, 6.45) is 0. The fourth-order valence-corrected chi connectivity index (χ4v) is 0.406. The van der Waals surface area contributed by atoms with Gasteiger partial charge in [0.15, 0.2) is 0 Å². The summed E-state index contributed by atoms with van der Waals surface area (Å²) in [5.74, 6) is -0.127. The average molecular weight is 142 g/mol. The van der Waals surface area contributed by atoms with Crippen LogP contribution in [0.2, 0.25) is 0 Å². The van der Waals surface area contributed by atoms with Gasteiger partial charge < -0.3 is 11.1 Å². The van der Waals surface area contributed by atoms with Gasteiger partial charge >= 0.3 is 0 Å². The zero-order valence-corrected chi connectivity index (χ0v) is 6.48. The Labute approximate surface area is 61.3 Å². The van der Waals surface area contributed by atoms with Crippen LogP contribution in [0.25, 0.3) is 0 Å². The molecule has 0 saturated heterocycles. The maximum Gasteiger partial charge on any atom is 0.246 e. The molecule has 1 atom stereocenters. The monoisotopic (exact) mass is 142 g/mol. The molecule has 10 heavy (non-hydrogen) atoms. The van der Waals surface area contributed by atoms with E-state index in [1.807, 2.05) is 6.92 Å². The zero-order chi connectivity index (χ0) is 8.15. The lowest BCUT2D eigenvalue weighted by Crippen LogP contribution is -2.37. The van der Waals surface area contributed by atoms with Crippen LogP contribution in [-0.2, 0) is 4.79 Å². The summed E-state index contributed by atoms with van der Waals surface area (Å²) in [6, 6.07) is 0.0317. The van der Waals surface area contributed by atoms with Crippen molar-refractivity contribution in [1.82, 2.24) is 5.32 Å². The normalized spacial score (nSPS) is 12.3. The number of carbonyl (C=O) groups excluding carboxylic acids is 1. The van der Waals surface area contributed by atoms with E-state index in [2.05, 4.69) is 11.9 Å². The lowest BCUT2D eigenvalue weighted by molar-refractivity contribution is -0.117. The van der Waals surface area contributed by atoms with Crippen molar-refractivity contribution in [3.05, 3.63) is 12.2 Å². The van der Waals surface area contributed by atoms with E-state index in [-0.39, 0.29) is 11.9 Å². The van der Waals surface area contributed by atoms with Gasteiger partial charge in [0.05, 0.1) is 0 Å². The van der Waals surface area contributed by atoms with Crippen LogP contribution >= 0.6 is 0 Å². The van der Waals surface area contributed by atoms with Crippen LogP contribution in [-0.4, -0.2) is 18.5 Å². The summed E-state index contributed by atoms with van der Waals surface area (Å²) in [5.41, 5.74) is 5.79. The Balaban J connectivity index is 3.68.